The van der Waals surface area contributed by atoms with E-state index in [0.29, 0.717) is 6.07 Å². The van der Waals surface area contributed by atoms with E-state index in [-0.39, 0.29) is 17.2 Å². The summed E-state index contributed by atoms with van der Waals surface area (Å²) in [5.74, 6) is -1.95. The highest BCUT2D eigenvalue weighted by Crippen LogP contribution is 2.28. The van der Waals surface area contributed by atoms with Crippen LogP contribution >= 0.6 is 0 Å². The summed E-state index contributed by atoms with van der Waals surface area (Å²) in [6.45, 7) is 0. The molecule has 2 rings (SSSR count). The Bertz CT molecular complexity index is 613. The number of rotatable bonds is 2. The topological polar surface area (TPSA) is 94.9 Å². The third-order valence-corrected chi connectivity index (χ3v) is 2.12. The number of halogens is 2. The predicted octanol–water partition coefficient (Wildman–Crippen LogP) is 1.91. The van der Waals surface area contributed by atoms with E-state index in [1.54, 1.807) is 0 Å². The largest absolute Gasteiger partial charge is 0.368 e. The van der Waals surface area contributed by atoms with Crippen molar-refractivity contribution in [2.75, 3.05) is 5.73 Å². The minimum Gasteiger partial charge on any atom is -0.368 e. The van der Waals surface area contributed by atoms with Crippen LogP contribution < -0.4 is 5.73 Å². The summed E-state index contributed by atoms with van der Waals surface area (Å²) in [6.07, 6.45) is 0.889. The van der Waals surface area contributed by atoms with Crippen molar-refractivity contribution in [1.82, 2.24) is 9.97 Å². The highest BCUT2D eigenvalue weighted by Gasteiger charge is 2.19. The molecule has 0 bridgehead atoms. The van der Waals surface area contributed by atoms with Crippen LogP contribution in [0.15, 0.2) is 24.4 Å². The molecule has 2 aromatic rings. The van der Waals surface area contributed by atoms with E-state index in [4.69, 9.17) is 5.73 Å². The number of nitrogens with two attached hydrogens (primary N) is 1. The van der Waals surface area contributed by atoms with Crippen LogP contribution in [0.4, 0.5) is 20.4 Å². The average Bonchev–Trinajstić information content (AvgIpc) is 2.27. The molecule has 0 fully saturated rings. The molecule has 0 atom stereocenters. The van der Waals surface area contributed by atoms with Crippen LogP contribution in [0, 0.1) is 21.7 Å². The van der Waals surface area contributed by atoms with Crippen molar-refractivity contribution in [1.29, 1.82) is 0 Å². The number of benzene rings is 1. The van der Waals surface area contributed by atoms with Gasteiger partial charge in [-0.05, 0) is 12.1 Å². The molecule has 1 heterocycles. The molecule has 0 spiro atoms. The van der Waals surface area contributed by atoms with Gasteiger partial charge in [-0.1, -0.05) is 0 Å². The number of anilines is 1. The Hall–Kier alpha value is -2.64. The normalized spacial score (nSPS) is 10.3. The second kappa shape index (κ2) is 4.32. The fourth-order valence-corrected chi connectivity index (χ4v) is 1.43. The summed E-state index contributed by atoms with van der Waals surface area (Å²) in [5.41, 5.74) is 4.52. The van der Waals surface area contributed by atoms with Gasteiger partial charge in [-0.3, -0.25) is 10.1 Å². The third kappa shape index (κ3) is 2.21. The van der Waals surface area contributed by atoms with Crippen LogP contribution in [0.3, 0.4) is 0 Å². The van der Waals surface area contributed by atoms with Gasteiger partial charge in [0, 0.05) is 11.6 Å². The molecule has 1 aromatic carbocycles. The van der Waals surface area contributed by atoms with Gasteiger partial charge in [-0.15, -0.1) is 0 Å². The Kier molecular flexibility index (Phi) is 2.84. The number of hydrogen-bond donors (Lipinski definition) is 1. The lowest BCUT2D eigenvalue weighted by Crippen LogP contribution is -2.01. The quantitative estimate of drug-likeness (QED) is 0.650. The second-order valence-corrected chi connectivity index (χ2v) is 3.38. The fraction of sp³-hybridized carbons (Fsp3) is 0. The third-order valence-electron chi connectivity index (χ3n) is 2.12. The maximum Gasteiger partial charge on any atom is 0.313 e. The van der Waals surface area contributed by atoms with Gasteiger partial charge in [-0.25, -0.2) is 18.7 Å². The molecule has 0 aliphatic carbocycles. The summed E-state index contributed by atoms with van der Waals surface area (Å²) < 4.78 is 26.1. The molecule has 2 N–H and O–H groups in total. The summed E-state index contributed by atoms with van der Waals surface area (Å²) >= 11 is 0. The predicted molar refractivity (Wildman–Crippen MR) is 58.5 cm³/mol. The van der Waals surface area contributed by atoms with Crippen molar-refractivity contribution in [2.24, 2.45) is 0 Å². The van der Waals surface area contributed by atoms with Crippen LogP contribution in [0.1, 0.15) is 0 Å². The molecule has 0 aliphatic rings. The van der Waals surface area contributed by atoms with E-state index >= 15 is 0 Å². The molecule has 6 nitrogen and oxygen atoms in total. The van der Waals surface area contributed by atoms with Gasteiger partial charge in [0.05, 0.1) is 4.92 Å². The minimum absolute atomic E-state index is 0.0756. The van der Waals surface area contributed by atoms with Crippen LogP contribution in [-0.4, -0.2) is 14.9 Å². The zero-order valence-corrected chi connectivity index (χ0v) is 8.80. The van der Waals surface area contributed by atoms with Crippen molar-refractivity contribution in [2.45, 2.75) is 0 Å². The van der Waals surface area contributed by atoms with E-state index in [1.807, 2.05) is 0 Å². The van der Waals surface area contributed by atoms with Crippen LogP contribution in [-0.2, 0) is 0 Å². The summed E-state index contributed by atoms with van der Waals surface area (Å²) in [6, 6.07) is 2.51. The Morgan fingerprint density at radius 3 is 2.39 bits per heavy atom. The Morgan fingerprint density at radius 2 is 1.83 bits per heavy atom. The Balaban J connectivity index is 2.68. The lowest BCUT2D eigenvalue weighted by Gasteiger charge is -2.03. The second-order valence-electron chi connectivity index (χ2n) is 3.38. The van der Waals surface area contributed by atoms with Crippen molar-refractivity contribution >= 4 is 11.6 Å². The SMILES string of the molecule is Nc1ncc([N+](=O)[O-])c(-c2cc(F)cc(F)c2)n1. The first-order chi connectivity index (χ1) is 8.47. The summed E-state index contributed by atoms with van der Waals surface area (Å²) in [5, 5.41) is 10.8. The van der Waals surface area contributed by atoms with E-state index in [9.17, 15) is 18.9 Å². The molecule has 0 radical (unpaired) electrons. The highest BCUT2D eigenvalue weighted by molar-refractivity contribution is 5.69. The first-order valence-electron chi connectivity index (χ1n) is 4.71. The van der Waals surface area contributed by atoms with Gasteiger partial charge in [0.25, 0.3) is 0 Å². The molecular weight excluding hydrogens is 246 g/mol. The molecule has 0 unspecified atom stereocenters. The van der Waals surface area contributed by atoms with Crippen molar-refractivity contribution < 1.29 is 13.7 Å². The molecule has 8 heteroatoms. The molecule has 0 aliphatic heterocycles. The molecule has 92 valence electrons. The fourth-order valence-electron chi connectivity index (χ4n) is 1.43. The Labute approximate surface area is 99.3 Å². The summed E-state index contributed by atoms with van der Waals surface area (Å²) in [4.78, 5) is 17.1. The molecule has 1 aromatic heterocycles. The molecule has 0 amide bonds. The standard InChI is InChI=1S/C10H6F2N4O2/c11-6-1-5(2-7(12)3-6)9-8(16(17)18)4-14-10(13)15-9/h1-4H,(H2,13,14,15). The van der Waals surface area contributed by atoms with Gasteiger partial charge in [0.2, 0.25) is 5.95 Å². The Morgan fingerprint density at radius 1 is 1.22 bits per heavy atom. The molecule has 18 heavy (non-hydrogen) atoms. The lowest BCUT2D eigenvalue weighted by atomic mass is 10.1. The first-order valence-corrected chi connectivity index (χ1v) is 4.71. The van der Waals surface area contributed by atoms with Crippen LogP contribution in [0.2, 0.25) is 0 Å². The smallest absolute Gasteiger partial charge is 0.313 e. The van der Waals surface area contributed by atoms with Crippen LogP contribution in [0.25, 0.3) is 11.3 Å². The maximum absolute atomic E-state index is 13.1. The molecule has 0 saturated carbocycles. The highest BCUT2D eigenvalue weighted by atomic mass is 19.1. The van der Waals surface area contributed by atoms with Crippen molar-refractivity contribution in [3.8, 4) is 11.3 Å². The number of hydrogen-bond acceptors (Lipinski definition) is 5. The summed E-state index contributed by atoms with van der Waals surface area (Å²) in [7, 11) is 0. The van der Waals surface area contributed by atoms with Gasteiger partial charge < -0.3 is 5.73 Å². The van der Waals surface area contributed by atoms with Crippen LogP contribution in [0.5, 0.6) is 0 Å². The zero-order chi connectivity index (χ0) is 13.3. The first kappa shape index (κ1) is 11.8. The number of nitrogen functional groups attached to an aromatic ring is 1. The minimum atomic E-state index is -0.864. The molecule has 0 saturated heterocycles. The van der Waals surface area contributed by atoms with Gasteiger partial charge >= 0.3 is 5.69 Å². The van der Waals surface area contributed by atoms with E-state index in [1.165, 1.54) is 0 Å². The average molecular weight is 252 g/mol. The van der Waals surface area contributed by atoms with E-state index < -0.39 is 22.2 Å². The monoisotopic (exact) mass is 252 g/mol. The van der Waals surface area contributed by atoms with Gasteiger partial charge in [0.1, 0.15) is 17.8 Å². The van der Waals surface area contributed by atoms with Crippen molar-refractivity contribution in [3.63, 3.8) is 0 Å². The number of aromatic nitrogens is 2. The number of nitrogens with zero attached hydrogens (tertiary/aromatic N) is 3. The van der Waals surface area contributed by atoms with Gasteiger partial charge in [0.15, 0.2) is 5.69 Å². The zero-order valence-electron chi connectivity index (χ0n) is 8.80. The lowest BCUT2D eigenvalue weighted by molar-refractivity contribution is -0.384. The van der Waals surface area contributed by atoms with E-state index in [2.05, 4.69) is 9.97 Å². The van der Waals surface area contributed by atoms with Gasteiger partial charge in [-0.2, -0.15) is 0 Å². The maximum atomic E-state index is 13.1. The van der Waals surface area contributed by atoms with E-state index in [0.717, 1.165) is 18.3 Å². The molecular formula is C10H6F2N4O2. The van der Waals surface area contributed by atoms with Crippen molar-refractivity contribution in [3.05, 3.63) is 46.1 Å². The number of nitro groups is 1.